The summed E-state index contributed by atoms with van der Waals surface area (Å²) in [5, 5.41) is 0. The molecule has 3 nitrogen and oxygen atoms in total. The molecule has 1 aromatic carbocycles. The van der Waals surface area contributed by atoms with Gasteiger partial charge in [0.1, 0.15) is 5.75 Å². The highest BCUT2D eigenvalue weighted by Gasteiger charge is 2.57. The fourth-order valence-corrected chi connectivity index (χ4v) is 7.04. The van der Waals surface area contributed by atoms with Gasteiger partial charge in [0.05, 0.1) is 12.6 Å². The molecular formula is C24H33NO2. The Morgan fingerprint density at radius 2 is 1.96 bits per heavy atom. The quantitative estimate of drug-likeness (QED) is 0.747. The molecular weight excluding hydrogens is 334 g/mol. The van der Waals surface area contributed by atoms with Crippen molar-refractivity contribution >= 4 is 5.91 Å². The SMILES string of the molecule is COc1ccc2c(c1)C[C@H]1CCC[C@]23[C@@H]1CCC(=O)N3CC1CCCCC1. The minimum atomic E-state index is -0.0322. The molecule has 1 aromatic rings. The zero-order valence-electron chi connectivity index (χ0n) is 16.7. The summed E-state index contributed by atoms with van der Waals surface area (Å²) < 4.78 is 5.53. The number of methoxy groups -OCH3 is 1. The van der Waals surface area contributed by atoms with Gasteiger partial charge >= 0.3 is 0 Å². The first-order chi connectivity index (χ1) is 13.2. The van der Waals surface area contributed by atoms with Crippen molar-refractivity contribution in [3.05, 3.63) is 29.3 Å². The molecule has 5 rings (SSSR count). The number of fused-ring (bicyclic) bond motifs is 1. The van der Waals surface area contributed by atoms with Crippen LogP contribution in [0, 0.1) is 17.8 Å². The third-order valence-corrected chi connectivity index (χ3v) is 8.19. The Labute approximate surface area is 163 Å². The number of hydrogen-bond acceptors (Lipinski definition) is 2. The lowest BCUT2D eigenvalue weighted by molar-refractivity contribution is -0.158. The molecule has 0 aromatic heterocycles. The van der Waals surface area contributed by atoms with E-state index in [0.29, 0.717) is 17.7 Å². The normalized spacial score (nSPS) is 33.4. The fraction of sp³-hybridized carbons (Fsp3) is 0.708. The fourth-order valence-electron chi connectivity index (χ4n) is 7.04. The zero-order chi connectivity index (χ0) is 18.4. The molecule has 146 valence electrons. The largest absolute Gasteiger partial charge is 0.497 e. The Kier molecular flexibility index (Phi) is 4.44. The van der Waals surface area contributed by atoms with Gasteiger partial charge in [0.2, 0.25) is 5.91 Å². The van der Waals surface area contributed by atoms with E-state index in [0.717, 1.165) is 37.5 Å². The van der Waals surface area contributed by atoms with Gasteiger partial charge in [0.15, 0.2) is 0 Å². The van der Waals surface area contributed by atoms with Gasteiger partial charge in [-0.3, -0.25) is 4.79 Å². The number of rotatable bonds is 3. The van der Waals surface area contributed by atoms with Gasteiger partial charge in [-0.1, -0.05) is 31.7 Å². The summed E-state index contributed by atoms with van der Waals surface area (Å²) in [7, 11) is 1.76. The molecule has 3 heteroatoms. The molecule has 3 aliphatic carbocycles. The average Bonchev–Trinajstić information content (AvgIpc) is 2.70. The van der Waals surface area contributed by atoms with Crippen LogP contribution in [0.2, 0.25) is 0 Å². The van der Waals surface area contributed by atoms with Crippen molar-refractivity contribution in [1.29, 1.82) is 0 Å². The number of hydrogen-bond donors (Lipinski definition) is 0. The predicted molar refractivity (Wildman–Crippen MR) is 107 cm³/mol. The molecule has 0 unspecified atom stereocenters. The Bertz CT molecular complexity index is 723. The Hall–Kier alpha value is -1.51. The summed E-state index contributed by atoms with van der Waals surface area (Å²) in [4.78, 5) is 15.6. The van der Waals surface area contributed by atoms with Gasteiger partial charge in [0, 0.05) is 13.0 Å². The van der Waals surface area contributed by atoms with E-state index in [4.69, 9.17) is 4.74 Å². The van der Waals surface area contributed by atoms with Gasteiger partial charge in [-0.2, -0.15) is 0 Å². The second kappa shape index (κ2) is 6.83. The number of ether oxygens (including phenoxy) is 1. The lowest BCUT2D eigenvalue weighted by Crippen LogP contribution is -2.63. The van der Waals surface area contributed by atoms with Crippen molar-refractivity contribution in [2.24, 2.45) is 17.8 Å². The van der Waals surface area contributed by atoms with E-state index in [1.165, 1.54) is 62.5 Å². The molecule has 1 amide bonds. The van der Waals surface area contributed by atoms with E-state index in [1.807, 2.05) is 0 Å². The number of benzene rings is 1. The Balaban J connectivity index is 1.58. The topological polar surface area (TPSA) is 29.5 Å². The highest BCUT2D eigenvalue weighted by atomic mass is 16.5. The highest BCUT2D eigenvalue weighted by Crippen LogP contribution is 2.58. The molecule has 2 saturated carbocycles. The van der Waals surface area contributed by atoms with E-state index >= 15 is 0 Å². The van der Waals surface area contributed by atoms with Gasteiger partial charge < -0.3 is 9.64 Å². The summed E-state index contributed by atoms with van der Waals surface area (Å²) >= 11 is 0. The van der Waals surface area contributed by atoms with Gasteiger partial charge in [-0.25, -0.2) is 0 Å². The molecule has 1 saturated heterocycles. The molecule has 1 heterocycles. The first kappa shape index (κ1) is 17.6. The number of nitrogens with zero attached hydrogens (tertiary/aromatic N) is 1. The van der Waals surface area contributed by atoms with Crippen LogP contribution in [-0.2, 0) is 16.8 Å². The molecule has 0 N–H and O–H groups in total. The summed E-state index contributed by atoms with van der Waals surface area (Å²) in [5.41, 5.74) is 2.86. The first-order valence-corrected chi connectivity index (χ1v) is 11.2. The zero-order valence-corrected chi connectivity index (χ0v) is 16.7. The predicted octanol–water partition coefficient (Wildman–Crippen LogP) is 5.07. The van der Waals surface area contributed by atoms with Crippen molar-refractivity contribution in [2.45, 2.75) is 76.2 Å². The maximum absolute atomic E-state index is 13.3. The minimum absolute atomic E-state index is 0.0322. The summed E-state index contributed by atoms with van der Waals surface area (Å²) in [6, 6.07) is 6.68. The monoisotopic (exact) mass is 367 g/mol. The van der Waals surface area contributed by atoms with Crippen LogP contribution in [0.3, 0.4) is 0 Å². The summed E-state index contributed by atoms with van der Waals surface area (Å²) in [6.45, 7) is 0.994. The van der Waals surface area contributed by atoms with E-state index in [9.17, 15) is 4.79 Å². The van der Waals surface area contributed by atoms with E-state index < -0.39 is 0 Å². The van der Waals surface area contributed by atoms with E-state index in [-0.39, 0.29) is 5.54 Å². The number of likely N-dealkylation sites (tertiary alicyclic amines) is 1. The standard InChI is InChI=1S/C24H33NO2/c1-27-20-9-10-22-19(15-20)14-18-8-5-13-24(22)21(18)11-12-23(26)25(24)16-17-6-3-2-4-7-17/h9-10,15,17-18,21H,2-8,11-14,16H2,1H3/t18-,21-,24+/m1/s1. The molecule has 0 spiro atoms. The van der Waals surface area contributed by atoms with Gasteiger partial charge in [-0.15, -0.1) is 0 Å². The molecule has 27 heavy (non-hydrogen) atoms. The highest BCUT2D eigenvalue weighted by molar-refractivity contribution is 5.79. The smallest absolute Gasteiger partial charge is 0.223 e. The lowest BCUT2D eigenvalue weighted by atomic mass is 9.54. The van der Waals surface area contributed by atoms with Crippen molar-refractivity contribution in [2.75, 3.05) is 13.7 Å². The second-order valence-electron chi connectivity index (χ2n) is 9.46. The third kappa shape index (κ3) is 2.72. The molecule has 1 aliphatic heterocycles. The van der Waals surface area contributed by atoms with Crippen LogP contribution in [0.25, 0.3) is 0 Å². The first-order valence-electron chi connectivity index (χ1n) is 11.2. The maximum atomic E-state index is 13.3. The second-order valence-corrected chi connectivity index (χ2v) is 9.46. The number of amides is 1. The maximum Gasteiger partial charge on any atom is 0.223 e. The molecule has 3 atom stereocenters. The minimum Gasteiger partial charge on any atom is -0.497 e. The summed E-state index contributed by atoms with van der Waals surface area (Å²) in [5.74, 6) is 3.48. The van der Waals surface area contributed by atoms with Crippen LogP contribution in [-0.4, -0.2) is 24.5 Å². The Morgan fingerprint density at radius 1 is 1.11 bits per heavy atom. The third-order valence-electron chi connectivity index (χ3n) is 8.19. The molecule has 0 radical (unpaired) electrons. The summed E-state index contributed by atoms with van der Waals surface area (Å²) in [6.07, 6.45) is 13.5. The average molecular weight is 368 g/mol. The molecule has 3 fully saturated rings. The number of carbonyl (C=O) groups is 1. The number of carbonyl (C=O) groups excluding carboxylic acids is 1. The van der Waals surface area contributed by atoms with Crippen molar-refractivity contribution < 1.29 is 9.53 Å². The molecule has 2 bridgehead atoms. The van der Waals surface area contributed by atoms with Crippen LogP contribution in [0.15, 0.2) is 18.2 Å². The van der Waals surface area contributed by atoms with Crippen LogP contribution in [0.1, 0.15) is 75.3 Å². The van der Waals surface area contributed by atoms with E-state index in [2.05, 4.69) is 23.1 Å². The van der Waals surface area contributed by atoms with Crippen LogP contribution < -0.4 is 4.74 Å². The van der Waals surface area contributed by atoms with Crippen LogP contribution in [0.5, 0.6) is 5.75 Å². The molecule has 4 aliphatic rings. The van der Waals surface area contributed by atoms with Crippen LogP contribution in [0.4, 0.5) is 0 Å². The van der Waals surface area contributed by atoms with Gasteiger partial charge in [0.25, 0.3) is 0 Å². The van der Waals surface area contributed by atoms with Crippen LogP contribution >= 0.6 is 0 Å². The van der Waals surface area contributed by atoms with Gasteiger partial charge in [-0.05, 0) is 79.5 Å². The van der Waals surface area contributed by atoms with Crippen molar-refractivity contribution in [3.63, 3.8) is 0 Å². The Morgan fingerprint density at radius 3 is 2.78 bits per heavy atom. The van der Waals surface area contributed by atoms with Crippen molar-refractivity contribution in [1.82, 2.24) is 4.90 Å². The number of piperidine rings is 1. The van der Waals surface area contributed by atoms with Crippen molar-refractivity contribution in [3.8, 4) is 5.75 Å². The lowest BCUT2D eigenvalue weighted by Gasteiger charge is -2.61. The van der Waals surface area contributed by atoms with E-state index in [1.54, 1.807) is 7.11 Å².